The second-order valence-electron chi connectivity index (χ2n) is 5.64. The number of carbonyl (C=O) groups is 1. The quantitative estimate of drug-likeness (QED) is 0.687. The zero-order valence-corrected chi connectivity index (χ0v) is 14.5. The van der Waals surface area contributed by atoms with Crippen LogP contribution in [0.3, 0.4) is 0 Å². The average molecular weight is 340 g/mol. The van der Waals surface area contributed by atoms with Crippen LogP contribution in [0.2, 0.25) is 0 Å². The molecule has 2 aromatic carbocycles. The number of amides is 1. The molecular formula is C19H17FN2OS. The lowest BCUT2D eigenvalue weighted by molar-refractivity contribution is 0.0998. The second kappa shape index (κ2) is 6.53. The number of aryl methyl sites for hydroxylation is 2. The third-order valence-corrected chi connectivity index (χ3v) is 4.86. The zero-order chi connectivity index (χ0) is 17.3. The molecule has 0 saturated carbocycles. The van der Waals surface area contributed by atoms with Gasteiger partial charge in [-0.25, -0.2) is 4.39 Å². The first-order valence-corrected chi connectivity index (χ1v) is 8.35. The van der Waals surface area contributed by atoms with Crippen LogP contribution in [0, 0.1) is 19.7 Å². The summed E-state index contributed by atoms with van der Waals surface area (Å²) in [6.07, 6.45) is 0. The van der Waals surface area contributed by atoms with E-state index in [0.717, 1.165) is 16.1 Å². The van der Waals surface area contributed by atoms with Crippen molar-refractivity contribution in [2.24, 2.45) is 12.0 Å². The van der Waals surface area contributed by atoms with Crippen molar-refractivity contribution < 1.29 is 9.18 Å². The van der Waals surface area contributed by atoms with Gasteiger partial charge in [0.15, 0.2) is 4.80 Å². The Kier molecular flexibility index (Phi) is 4.44. The number of hydrogen-bond donors (Lipinski definition) is 0. The predicted molar refractivity (Wildman–Crippen MR) is 94.5 cm³/mol. The first-order valence-electron chi connectivity index (χ1n) is 7.54. The van der Waals surface area contributed by atoms with Crippen molar-refractivity contribution in [2.75, 3.05) is 0 Å². The van der Waals surface area contributed by atoms with Gasteiger partial charge < -0.3 is 4.57 Å². The molecule has 0 atom stereocenters. The minimum absolute atomic E-state index is 0.370. The summed E-state index contributed by atoms with van der Waals surface area (Å²) in [7, 11) is 1.90. The fourth-order valence-corrected chi connectivity index (χ4v) is 3.52. The van der Waals surface area contributed by atoms with Gasteiger partial charge in [-0.1, -0.05) is 29.8 Å². The number of halogens is 1. The van der Waals surface area contributed by atoms with Gasteiger partial charge in [0.25, 0.3) is 5.91 Å². The number of rotatable bonds is 2. The molecule has 24 heavy (non-hydrogen) atoms. The van der Waals surface area contributed by atoms with E-state index in [2.05, 4.69) is 29.3 Å². The van der Waals surface area contributed by atoms with Crippen LogP contribution in [0.15, 0.2) is 53.5 Å². The highest BCUT2D eigenvalue weighted by Crippen LogP contribution is 2.24. The summed E-state index contributed by atoms with van der Waals surface area (Å²) in [5, 5.41) is 0. The molecule has 0 fully saturated rings. The van der Waals surface area contributed by atoms with E-state index in [0.29, 0.717) is 10.4 Å². The SMILES string of the molecule is Cc1ccc(-c2c(C)sc(=NC(=O)c3ccc(F)cc3)n2C)cc1. The Balaban J connectivity index is 2.03. The number of thiazole rings is 1. The molecule has 1 amide bonds. The van der Waals surface area contributed by atoms with Crippen molar-refractivity contribution in [2.45, 2.75) is 13.8 Å². The van der Waals surface area contributed by atoms with Crippen LogP contribution in [0.5, 0.6) is 0 Å². The Morgan fingerprint density at radius 2 is 1.67 bits per heavy atom. The summed E-state index contributed by atoms with van der Waals surface area (Å²) in [5.41, 5.74) is 3.71. The molecule has 0 bridgehead atoms. The summed E-state index contributed by atoms with van der Waals surface area (Å²) in [6, 6.07) is 13.7. The molecule has 0 N–H and O–H groups in total. The molecule has 5 heteroatoms. The largest absolute Gasteiger partial charge is 0.319 e. The summed E-state index contributed by atoms with van der Waals surface area (Å²) in [4.78, 5) is 18.2. The molecule has 3 aromatic rings. The molecule has 3 rings (SSSR count). The van der Waals surface area contributed by atoms with E-state index >= 15 is 0 Å². The van der Waals surface area contributed by atoms with Crippen molar-refractivity contribution in [3.05, 3.63) is 75.2 Å². The normalized spacial score (nSPS) is 11.8. The van der Waals surface area contributed by atoms with Crippen molar-refractivity contribution in [1.82, 2.24) is 4.57 Å². The Morgan fingerprint density at radius 1 is 1.04 bits per heavy atom. The highest BCUT2D eigenvalue weighted by Gasteiger charge is 2.11. The highest BCUT2D eigenvalue weighted by atomic mass is 32.1. The highest BCUT2D eigenvalue weighted by molar-refractivity contribution is 7.09. The van der Waals surface area contributed by atoms with Crippen molar-refractivity contribution in [3.8, 4) is 11.3 Å². The fourth-order valence-electron chi connectivity index (χ4n) is 2.54. The number of carbonyl (C=O) groups excluding carboxylic acids is 1. The standard InChI is InChI=1S/C19H17FN2OS/c1-12-4-6-14(7-5-12)17-13(2)24-19(22(17)3)21-18(23)15-8-10-16(20)11-9-15/h4-11H,1-3H3. The maximum Gasteiger partial charge on any atom is 0.279 e. The smallest absolute Gasteiger partial charge is 0.279 e. The third kappa shape index (κ3) is 3.21. The summed E-state index contributed by atoms with van der Waals surface area (Å²) in [6.45, 7) is 4.06. The minimum Gasteiger partial charge on any atom is -0.319 e. The van der Waals surface area contributed by atoms with Gasteiger partial charge in [-0.2, -0.15) is 4.99 Å². The van der Waals surface area contributed by atoms with Crippen molar-refractivity contribution in [3.63, 3.8) is 0 Å². The lowest BCUT2D eigenvalue weighted by Gasteiger charge is -2.05. The minimum atomic E-state index is -0.373. The maximum absolute atomic E-state index is 13.0. The van der Waals surface area contributed by atoms with Crippen LogP contribution in [0.4, 0.5) is 4.39 Å². The van der Waals surface area contributed by atoms with Crippen LogP contribution >= 0.6 is 11.3 Å². The molecule has 0 saturated heterocycles. The number of hydrogen-bond acceptors (Lipinski definition) is 2. The first-order chi connectivity index (χ1) is 11.5. The van der Waals surface area contributed by atoms with Crippen molar-refractivity contribution >= 4 is 17.2 Å². The Hall–Kier alpha value is -2.53. The van der Waals surface area contributed by atoms with Crippen LogP contribution in [-0.4, -0.2) is 10.5 Å². The van der Waals surface area contributed by atoms with E-state index in [4.69, 9.17) is 0 Å². The van der Waals surface area contributed by atoms with Crippen molar-refractivity contribution in [1.29, 1.82) is 0 Å². The van der Waals surface area contributed by atoms with Crippen LogP contribution in [-0.2, 0) is 7.05 Å². The van der Waals surface area contributed by atoms with E-state index in [1.54, 1.807) is 0 Å². The van der Waals surface area contributed by atoms with Gasteiger partial charge in [-0.15, -0.1) is 11.3 Å². The predicted octanol–water partition coefficient (Wildman–Crippen LogP) is 4.25. The topological polar surface area (TPSA) is 34.4 Å². The molecule has 1 aromatic heterocycles. The third-order valence-electron chi connectivity index (χ3n) is 3.81. The molecule has 0 spiro atoms. The molecule has 0 aliphatic rings. The van der Waals surface area contributed by atoms with Gasteiger partial charge >= 0.3 is 0 Å². The number of benzene rings is 2. The average Bonchev–Trinajstić information content (AvgIpc) is 2.83. The van der Waals surface area contributed by atoms with E-state index in [1.807, 2.05) is 25.5 Å². The first kappa shape index (κ1) is 16.3. The summed E-state index contributed by atoms with van der Waals surface area (Å²) >= 11 is 1.47. The number of aromatic nitrogens is 1. The van der Waals surface area contributed by atoms with Gasteiger partial charge in [0.2, 0.25) is 0 Å². The maximum atomic E-state index is 13.0. The van der Waals surface area contributed by atoms with E-state index in [9.17, 15) is 9.18 Å². The van der Waals surface area contributed by atoms with Crippen LogP contribution in [0.25, 0.3) is 11.3 Å². The lowest BCUT2D eigenvalue weighted by atomic mass is 10.1. The van der Waals surface area contributed by atoms with E-state index in [-0.39, 0.29) is 11.7 Å². The van der Waals surface area contributed by atoms with E-state index < -0.39 is 0 Å². The monoisotopic (exact) mass is 340 g/mol. The summed E-state index contributed by atoms with van der Waals surface area (Å²) in [5.74, 6) is -0.743. The molecule has 0 aliphatic heterocycles. The Morgan fingerprint density at radius 3 is 2.29 bits per heavy atom. The number of nitrogens with zero attached hydrogens (tertiary/aromatic N) is 2. The molecule has 0 aliphatic carbocycles. The lowest BCUT2D eigenvalue weighted by Crippen LogP contribution is -2.14. The van der Waals surface area contributed by atoms with Gasteiger partial charge in [0, 0.05) is 17.5 Å². The van der Waals surface area contributed by atoms with Crippen LogP contribution < -0.4 is 4.80 Å². The molecule has 3 nitrogen and oxygen atoms in total. The zero-order valence-electron chi connectivity index (χ0n) is 13.7. The molecule has 1 heterocycles. The van der Waals surface area contributed by atoms with Gasteiger partial charge in [-0.3, -0.25) is 4.79 Å². The van der Waals surface area contributed by atoms with Gasteiger partial charge in [-0.05, 0) is 43.7 Å². The molecule has 0 radical (unpaired) electrons. The fraction of sp³-hybridized carbons (Fsp3) is 0.158. The van der Waals surface area contributed by atoms with Gasteiger partial charge in [0.1, 0.15) is 5.82 Å². The summed E-state index contributed by atoms with van der Waals surface area (Å²) < 4.78 is 14.9. The Labute approximate surface area is 143 Å². The molecule has 122 valence electrons. The Bertz CT molecular complexity index is 951. The van der Waals surface area contributed by atoms with Gasteiger partial charge in [0.05, 0.1) is 5.69 Å². The van der Waals surface area contributed by atoms with Crippen LogP contribution in [0.1, 0.15) is 20.8 Å². The molecule has 0 unspecified atom stereocenters. The van der Waals surface area contributed by atoms with E-state index in [1.165, 1.54) is 41.2 Å². The second-order valence-corrected chi connectivity index (χ2v) is 6.82. The molecular weight excluding hydrogens is 323 g/mol.